The van der Waals surface area contributed by atoms with Gasteiger partial charge in [0, 0.05) is 37.0 Å². The highest BCUT2D eigenvalue weighted by Gasteiger charge is 2.23. The number of aromatic nitrogens is 3. The lowest BCUT2D eigenvalue weighted by Crippen LogP contribution is -2.26. The van der Waals surface area contributed by atoms with Crippen LogP contribution in [0.2, 0.25) is 0 Å². The van der Waals surface area contributed by atoms with E-state index in [1.807, 2.05) is 42.5 Å². The molecule has 0 saturated heterocycles. The number of nitrogens with zero attached hydrogens (tertiary/aromatic N) is 4. The number of ether oxygens (including phenoxy) is 1. The van der Waals surface area contributed by atoms with Gasteiger partial charge in [-0.25, -0.2) is 15.0 Å². The van der Waals surface area contributed by atoms with E-state index in [0.29, 0.717) is 18.7 Å². The summed E-state index contributed by atoms with van der Waals surface area (Å²) >= 11 is 0. The highest BCUT2D eigenvalue weighted by Crippen LogP contribution is 2.36. The van der Waals surface area contributed by atoms with E-state index in [1.54, 1.807) is 13.4 Å². The summed E-state index contributed by atoms with van der Waals surface area (Å²) in [5.41, 5.74) is 6.39. The lowest BCUT2D eigenvalue weighted by molar-refractivity contribution is 0.0937. The number of hydrogen-bond donors (Lipinski definition) is 1. The van der Waals surface area contributed by atoms with Crippen LogP contribution in [0.4, 0.5) is 11.5 Å². The number of rotatable bonds is 6. The fourth-order valence-electron chi connectivity index (χ4n) is 4.01. The minimum Gasteiger partial charge on any atom is -0.383 e. The number of amides is 1. The standard InChI is InChI=1S/C25H23N5O2/c1-32-15-13-26-25(31)19-8-6-17(7-9-19)20-10-11-21-23(29-20)24(28-16-27-21)30-14-12-18-4-2-3-5-22(18)30/h2-11,16H,12-15H2,1H3,(H,26,31). The fourth-order valence-corrected chi connectivity index (χ4v) is 4.01. The van der Waals surface area contributed by atoms with Crippen molar-refractivity contribution in [3.05, 3.63) is 78.1 Å². The van der Waals surface area contributed by atoms with Crippen LogP contribution in [0.15, 0.2) is 67.0 Å². The van der Waals surface area contributed by atoms with E-state index >= 15 is 0 Å². The molecule has 160 valence electrons. The zero-order chi connectivity index (χ0) is 21.9. The minimum absolute atomic E-state index is 0.122. The summed E-state index contributed by atoms with van der Waals surface area (Å²) in [5, 5.41) is 2.83. The summed E-state index contributed by atoms with van der Waals surface area (Å²) in [7, 11) is 1.61. The Bertz CT molecular complexity index is 1270. The Labute approximate surface area is 186 Å². The van der Waals surface area contributed by atoms with Crippen molar-refractivity contribution in [2.24, 2.45) is 0 Å². The van der Waals surface area contributed by atoms with E-state index in [0.717, 1.165) is 41.1 Å². The van der Waals surface area contributed by atoms with Crippen LogP contribution in [0.25, 0.3) is 22.3 Å². The number of carbonyl (C=O) groups is 1. The Hall–Kier alpha value is -3.84. The summed E-state index contributed by atoms with van der Waals surface area (Å²) in [6, 6.07) is 19.7. The molecule has 0 fully saturated rings. The zero-order valence-corrected chi connectivity index (χ0v) is 17.8. The van der Waals surface area contributed by atoms with Crippen molar-refractivity contribution in [1.82, 2.24) is 20.3 Å². The summed E-state index contributed by atoms with van der Waals surface area (Å²) < 4.78 is 4.97. The van der Waals surface area contributed by atoms with Crippen LogP contribution < -0.4 is 10.2 Å². The molecule has 4 aromatic rings. The van der Waals surface area contributed by atoms with Crippen molar-refractivity contribution in [1.29, 1.82) is 0 Å². The number of carbonyl (C=O) groups excluding carboxylic acids is 1. The molecule has 0 radical (unpaired) electrons. The summed E-state index contributed by atoms with van der Waals surface area (Å²) in [6.45, 7) is 1.83. The highest BCUT2D eigenvalue weighted by atomic mass is 16.5. The van der Waals surface area contributed by atoms with Gasteiger partial charge in [-0.3, -0.25) is 4.79 Å². The largest absolute Gasteiger partial charge is 0.383 e. The molecular weight excluding hydrogens is 402 g/mol. The molecule has 32 heavy (non-hydrogen) atoms. The van der Waals surface area contributed by atoms with E-state index in [-0.39, 0.29) is 5.91 Å². The second-order valence-corrected chi connectivity index (χ2v) is 7.62. The molecule has 0 bridgehead atoms. The van der Waals surface area contributed by atoms with Gasteiger partial charge in [0.05, 0.1) is 17.8 Å². The predicted molar refractivity (Wildman–Crippen MR) is 124 cm³/mol. The number of pyridine rings is 1. The Balaban J connectivity index is 1.46. The van der Waals surface area contributed by atoms with Gasteiger partial charge in [0.1, 0.15) is 11.8 Å². The van der Waals surface area contributed by atoms with Gasteiger partial charge in [0.15, 0.2) is 5.82 Å². The summed E-state index contributed by atoms with van der Waals surface area (Å²) in [4.78, 5) is 28.4. The predicted octanol–water partition coefficient (Wildman–Crippen LogP) is 3.76. The van der Waals surface area contributed by atoms with Gasteiger partial charge >= 0.3 is 0 Å². The van der Waals surface area contributed by atoms with Crippen LogP contribution in [0, 0.1) is 0 Å². The van der Waals surface area contributed by atoms with Gasteiger partial charge < -0.3 is 15.0 Å². The molecule has 1 amide bonds. The number of methoxy groups -OCH3 is 1. The van der Waals surface area contributed by atoms with Gasteiger partial charge in [0.2, 0.25) is 0 Å². The summed E-state index contributed by atoms with van der Waals surface area (Å²) in [5.74, 6) is 0.694. The van der Waals surface area contributed by atoms with E-state index in [4.69, 9.17) is 9.72 Å². The maximum atomic E-state index is 12.2. The number of hydrogen-bond acceptors (Lipinski definition) is 6. The monoisotopic (exact) mass is 425 g/mol. The molecule has 7 nitrogen and oxygen atoms in total. The molecule has 0 atom stereocenters. The molecule has 0 spiro atoms. The van der Waals surface area contributed by atoms with Crippen LogP contribution in [-0.4, -0.2) is 47.7 Å². The third-order valence-electron chi connectivity index (χ3n) is 5.64. The third kappa shape index (κ3) is 3.78. The number of fused-ring (bicyclic) bond motifs is 2. The average molecular weight is 425 g/mol. The van der Waals surface area contributed by atoms with Crippen LogP contribution in [0.3, 0.4) is 0 Å². The van der Waals surface area contributed by atoms with Gasteiger partial charge in [0.25, 0.3) is 5.91 Å². The molecule has 2 aromatic carbocycles. The first-order valence-electron chi connectivity index (χ1n) is 10.6. The maximum Gasteiger partial charge on any atom is 0.251 e. The number of benzene rings is 2. The van der Waals surface area contributed by atoms with E-state index < -0.39 is 0 Å². The SMILES string of the molecule is COCCNC(=O)c1ccc(-c2ccc3ncnc(N4CCc5ccccc54)c3n2)cc1. The van der Waals surface area contributed by atoms with Gasteiger partial charge in [-0.15, -0.1) is 0 Å². The molecule has 0 unspecified atom stereocenters. The van der Waals surface area contributed by atoms with Crippen LogP contribution in [-0.2, 0) is 11.2 Å². The molecule has 0 aliphatic carbocycles. The van der Waals surface area contributed by atoms with Crippen molar-refractivity contribution in [2.75, 3.05) is 31.7 Å². The van der Waals surface area contributed by atoms with Crippen LogP contribution in [0.5, 0.6) is 0 Å². The van der Waals surface area contributed by atoms with E-state index in [2.05, 4.69) is 38.4 Å². The minimum atomic E-state index is -0.122. The van der Waals surface area contributed by atoms with Crippen molar-refractivity contribution in [2.45, 2.75) is 6.42 Å². The average Bonchev–Trinajstić information content (AvgIpc) is 3.27. The molecular formula is C25H23N5O2. The Morgan fingerprint density at radius 1 is 1.06 bits per heavy atom. The Morgan fingerprint density at radius 2 is 1.91 bits per heavy atom. The molecule has 5 rings (SSSR count). The molecule has 0 saturated carbocycles. The fraction of sp³-hybridized carbons (Fsp3) is 0.200. The molecule has 1 aliphatic heterocycles. The van der Waals surface area contributed by atoms with E-state index in [9.17, 15) is 4.79 Å². The number of para-hydroxylation sites is 1. The molecule has 1 aliphatic rings. The van der Waals surface area contributed by atoms with Gasteiger partial charge in [-0.05, 0) is 42.3 Å². The van der Waals surface area contributed by atoms with Crippen molar-refractivity contribution >= 4 is 28.4 Å². The first-order chi connectivity index (χ1) is 15.7. The smallest absolute Gasteiger partial charge is 0.251 e. The second kappa shape index (κ2) is 8.72. The first kappa shape index (κ1) is 20.1. The number of nitrogens with one attached hydrogen (secondary N) is 1. The maximum absolute atomic E-state index is 12.2. The molecule has 7 heteroatoms. The zero-order valence-electron chi connectivity index (χ0n) is 17.8. The van der Waals surface area contributed by atoms with Gasteiger partial charge in [-0.2, -0.15) is 0 Å². The van der Waals surface area contributed by atoms with E-state index in [1.165, 1.54) is 11.3 Å². The molecule has 1 N–H and O–H groups in total. The van der Waals surface area contributed by atoms with Crippen LogP contribution >= 0.6 is 0 Å². The summed E-state index contributed by atoms with van der Waals surface area (Å²) in [6.07, 6.45) is 2.58. The topological polar surface area (TPSA) is 80.2 Å². The third-order valence-corrected chi connectivity index (χ3v) is 5.64. The quantitative estimate of drug-likeness (QED) is 0.474. The Morgan fingerprint density at radius 3 is 2.75 bits per heavy atom. The lowest BCUT2D eigenvalue weighted by atomic mass is 10.1. The first-order valence-corrected chi connectivity index (χ1v) is 10.6. The number of anilines is 2. The van der Waals surface area contributed by atoms with Crippen LogP contribution in [0.1, 0.15) is 15.9 Å². The Kier molecular flexibility index (Phi) is 5.47. The second-order valence-electron chi connectivity index (χ2n) is 7.62. The van der Waals surface area contributed by atoms with Crippen molar-refractivity contribution < 1.29 is 9.53 Å². The van der Waals surface area contributed by atoms with Gasteiger partial charge in [-0.1, -0.05) is 30.3 Å². The normalized spacial score (nSPS) is 12.7. The molecule has 2 aromatic heterocycles. The lowest BCUT2D eigenvalue weighted by Gasteiger charge is -2.19. The highest BCUT2D eigenvalue weighted by molar-refractivity contribution is 5.95. The van der Waals surface area contributed by atoms with Crippen molar-refractivity contribution in [3.8, 4) is 11.3 Å². The van der Waals surface area contributed by atoms with Crippen molar-refractivity contribution in [3.63, 3.8) is 0 Å². The molecule has 3 heterocycles.